The summed E-state index contributed by atoms with van der Waals surface area (Å²) in [5.41, 5.74) is 4.66. The molecular weight excluding hydrogens is 408 g/mol. The fourth-order valence-electron chi connectivity index (χ4n) is 4.13. The molecule has 1 N–H and O–H groups in total. The average molecular weight is 443 g/mol. The van der Waals surface area contributed by atoms with E-state index >= 15 is 0 Å². The number of ketones is 1. The van der Waals surface area contributed by atoms with Gasteiger partial charge in [0.1, 0.15) is 0 Å². The van der Waals surface area contributed by atoms with E-state index in [9.17, 15) is 9.59 Å². The molecule has 0 radical (unpaired) electrons. The number of hydrogen-bond donors (Lipinski definition) is 1. The predicted molar refractivity (Wildman–Crippen MR) is 138 cm³/mol. The summed E-state index contributed by atoms with van der Waals surface area (Å²) >= 11 is 0. The van der Waals surface area contributed by atoms with Crippen molar-refractivity contribution in [1.82, 2.24) is 4.98 Å². The van der Waals surface area contributed by atoms with Crippen LogP contribution < -0.4 is 5.56 Å². The minimum Gasteiger partial charge on any atom is -0.322 e. The van der Waals surface area contributed by atoms with Gasteiger partial charge in [0.05, 0.1) is 11.9 Å². The summed E-state index contributed by atoms with van der Waals surface area (Å²) in [6.07, 6.45) is 1.38. The first-order valence-electron chi connectivity index (χ1n) is 11.5. The first-order valence-corrected chi connectivity index (χ1v) is 11.5. The highest BCUT2D eigenvalue weighted by atomic mass is 16.1. The van der Waals surface area contributed by atoms with Gasteiger partial charge in [-0.2, -0.15) is 0 Å². The van der Waals surface area contributed by atoms with E-state index in [1.807, 2.05) is 57.2 Å². The third-order valence-corrected chi connectivity index (χ3v) is 5.79. The normalized spacial score (nSPS) is 12.2. The Kier molecular flexibility index (Phi) is 7.16. The zero-order chi connectivity index (χ0) is 24.3. The molecule has 4 heteroatoms. The van der Waals surface area contributed by atoms with Crippen LogP contribution in [0.2, 0.25) is 0 Å². The first kappa shape index (κ1) is 24.4. The van der Waals surface area contributed by atoms with Crippen molar-refractivity contribution in [2.75, 3.05) is 0 Å². The van der Waals surface area contributed by atoms with Gasteiger partial charge in [0.25, 0.3) is 5.56 Å². The minimum absolute atomic E-state index is 0.244. The van der Waals surface area contributed by atoms with Gasteiger partial charge in [-0.1, -0.05) is 97.0 Å². The van der Waals surface area contributed by atoms with E-state index in [1.165, 1.54) is 6.21 Å². The molecule has 0 saturated carbocycles. The zero-order valence-electron chi connectivity index (χ0n) is 20.7. The van der Waals surface area contributed by atoms with Crippen LogP contribution in [-0.4, -0.2) is 17.0 Å². The highest BCUT2D eigenvalue weighted by Crippen LogP contribution is 2.34. The molecular formula is C29H34N2O2. The first-order chi connectivity index (χ1) is 15.5. The predicted octanol–water partition coefficient (Wildman–Crippen LogP) is 7.17. The van der Waals surface area contributed by atoms with Crippen LogP contribution in [0.5, 0.6) is 0 Å². The molecule has 0 saturated heterocycles. The number of nitrogens with zero attached hydrogens (tertiary/aromatic N) is 1. The van der Waals surface area contributed by atoms with Crippen LogP contribution >= 0.6 is 0 Å². The van der Waals surface area contributed by atoms with Crippen molar-refractivity contribution in [2.24, 2.45) is 4.99 Å². The molecule has 0 aliphatic heterocycles. The fraction of sp³-hybridized carbons (Fsp3) is 0.345. The van der Waals surface area contributed by atoms with E-state index in [2.05, 4.69) is 44.8 Å². The van der Waals surface area contributed by atoms with Crippen molar-refractivity contribution in [3.63, 3.8) is 0 Å². The quantitative estimate of drug-likeness (QED) is 0.325. The second kappa shape index (κ2) is 9.70. The maximum atomic E-state index is 13.5. The molecule has 0 unspecified atom stereocenters. The smallest absolute Gasteiger partial charge is 0.252 e. The molecule has 33 heavy (non-hydrogen) atoms. The Balaban J connectivity index is 2.16. The number of H-pyrrole nitrogens is 1. The highest BCUT2D eigenvalue weighted by Gasteiger charge is 2.26. The van der Waals surface area contributed by atoms with E-state index in [4.69, 9.17) is 4.99 Å². The molecule has 0 bridgehead atoms. The Morgan fingerprint density at radius 2 is 1.48 bits per heavy atom. The van der Waals surface area contributed by atoms with E-state index < -0.39 is 5.41 Å². The number of hydrogen-bond acceptors (Lipinski definition) is 3. The summed E-state index contributed by atoms with van der Waals surface area (Å²) in [7, 11) is 0. The van der Waals surface area contributed by atoms with Crippen molar-refractivity contribution in [3.8, 4) is 11.3 Å². The Labute approximate surface area is 196 Å². The summed E-state index contributed by atoms with van der Waals surface area (Å²) in [4.78, 5) is 34.2. The van der Waals surface area contributed by atoms with Gasteiger partial charge >= 0.3 is 0 Å². The molecule has 2 aromatic carbocycles. The van der Waals surface area contributed by atoms with Gasteiger partial charge in [0.15, 0.2) is 0 Å². The Morgan fingerprint density at radius 1 is 0.909 bits per heavy atom. The largest absolute Gasteiger partial charge is 0.322 e. The number of para-hydroxylation sites is 1. The number of aromatic nitrogens is 1. The van der Waals surface area contributed by atoms with E-state index in [-0.39, 0.29) is 23.2 Å². The van der Waals surface area contributed by atoms with Crippen molar-refractivity contribution >= 4 is 17.7 Å². The topological polar surface area (TPSA) is 62.3 Å². The number of benzene rings is 2. The molecule has 0 amide bonds. The summed E-state index contributed by atoms with van der Waals surface area (Å²) in [6, 6.07) is 17.5. The molecule has 0 spiro atoms. The van der Waals surface area contributed by atoms with Crippen LogP contribution in [0, 0.1) is 0 Å². The second-order valence-corrected chi connectivity index (χ2v) is 10.1. The van der Waals surface area contributed by atoms with Crippen LogP contribution in [-0.2, 0) is 5.41 Å². The summed E-state index contributed by atoms with van der Waals surface area (Å²) in [5.74, 6) is 0.289. The van der Waals surface area contributed by atoms with Gasteiger partial charge in [-0.25, -0.2) is 0 Å². The van der Waals surface area contributed by atoms with E-state index in [0.29, 0.717) is 16.8 Å². The molecule has 0 aliphatic carbocycles. The van der Waals surface area contributed by atoms with Crippen LogP contribution in [0.1, 0.15) is 87.4 Å². The van der Waals surface area contributed by atoms with E-state index in [0.717, 1.165) is 22.4 Å². The third kappa shape index (κ3) is 5.39. The van der Waals surface area contributed by atoms with Gasteiger partial charge in [0.2, 0.25) is 5.78 Å². The number of aromatic amines is 1. The maximum Gasteiger partial charge on any atom is 0.252 e. The molecule has 0 atom stereocenters. The third-order valence-electron chi connectivity index (χ3n) is 5.79. The number of rotatable bonds is 6. The lowest BCUT2D eigenvalue weighted by Crippen LogP contribution is -2.29. The lowest BCUT2D eigenvalue weighted by Gasteiger charge is -2.21. The molecule has 1 aromatic heterocycles. The van der Waals surface area contributed by atoms with Gasteiger partial charge in [-0.15, -0.1) is 0 Å². The minimum atomic E-state index is -0.499. The Morgan fingerprint density at radius 3 is 2.00 bits per heavy atom. The second-order valence-electron chi connectivity index (χ2n) is 10.1. The molecule has 4 nitrogen and oxygen atoms in total. The van der Waals surface area contributed by atoms with Crippen LogP contribution in [0.15, 0.2) is 64.4 Å². The molecule has 3 aromatic rings. The Bertz CT molecular complexity index is 1200. The number of pyridine rings is 1. The summed E-state index contributed by atoms with van der Waals surface area (Å²) in [6.45, 7) is 14.3. The van der Waals surface area contributed by atoms with Crippen molar-refractivity contribution in [1.29, 1.82) is 0 Å². The Hall–Kier alpha value is -3.27. The number of carbonyl (C=O) groups is 1. The highest BCUT2D eigenvalue weighted by molar-refractivity contribution is 6.36. The summed E-state index contributed by atoms with van der Waals surface area (Å²) < 4.78 is 0. The van der Waals surface area contributed by atoms with Gasteiger partial charge in [-0.3, -0.25) is 14.6 Å². The fourth-order valence-corrected chi connectivity index (χ4v) is 4.13. The molecule has 172 valence electrons. The van der Waals surface area contributed by atoms with Gasteiger partial charge < -0.3 is 4.98 Å². The lowest BCUT2D eigenvalue weighted by atomic mass is 9.83. The lowest BCUT2D eigenvalue weighted by molar-refractivity contribution is 0.106. The number of aliphatic imine (C=N–C) groups is 1. The van der Waals surface area contributed by atoms with Crippen LogP contribution in [0.3, 0.4) is 0 Å². The average Bonchev–Trinajstić information content (AvgIpc) is 2.76. The molecule has 1 heterocycles. The summed E-state index contributed by atoms with van der Waals surface area (Å²) in [5, 5.41) is 0. The molecule has 3 rings (SSSR count). The van der Waals surface area contributed by atoms with Crippen LogP contribution in [0.25, 0.3) is 11.3 Å². The zero-order valence-corrected chi connectivity index (χ0v) is 20.7. The SMILES string of the molecule is CC(C)c1cccc(C(C)C)c1N=CC(=O)c1cc(-c2ccccc2)[nH]c(=O)c1C(C)(C)C. The molecule has 0 aliphatic rings. The van der Waals surface area contributed by atoms with Crippen molar-refractivity contribution in [3.05, 3.63) is 87.2 Å². The van der Waals surface area contributed by atoms with Gasteiger partial charge in [-0.05, 0) is 40.0 Å². The van der Waals surface area contributed by atoms with Crippen molar-refractivity contribution in [2.45, 2.75) is 65.7 Å². The number of nitrogens with one attached hydrogen (secondary N) is 1. The number of carbonyl (C=O) groups excluding carboxylic acids is 1. The van der Waals surface area contributed by atoms with Crippen molar-refractivity contribution < 1.29 is 4.79 Å². The number of Topliss-reactive ketones (excluding diaryl/α,β-unsaturated/α-hetero) is 1. The maximum absolute atomic E-state index is 13.5. The van der Waals surface area contributed by atoms with Crippen LogP contribution in [0.4, 0.5) is 5.69 Å². The monoisotopic (exact) mass is 442 g/mol. The molecule has 0 fully saturated rings. The van der Waals surface area contributed by atoms with Gasteiger partial charge in [0, 0.05) is 16.8 Å². The standard InChI is InChI=1S/C29H34N2O2/c1-18(2)21-14-11-15-22(19(3)4)27(21)30-17-25(32)23-16-24(20-12-9-8-10-13-20)31-28(33)26(23)29(5,6)7/h8-19H,1-7H3,(H,31,33). The van der Waals surface area contributed by atoms with E-state index in [1.54, 1.807) is 6.07 Å².